The van der Waals surface area contributed by atoms with Crippen molar-refractivity contribution in [3.8, 4) is 0 Å². The maximum Gasteiger partial charge on any atom is 0.303 e. The zero-order valence-electron chi connectivity index (χ0n) is 9.05. The minimum atomic E-state index is -2.10. The molecule has 0 radical (unpaired) electrons. The van der Waals surface area contributed by atoms with E-state index in [1.54, 1.807) is 0 Å². The molecule has 0 bridgehead atoms. The number of rotatable bonds is 5. The number of hydrogen-bond acceptors (Lipinski definition) is 2. The summed E-state index contributed by atoms with van der Waals surface area (Å²) in [6.45, 7) is -2.10. The van der Waals surface area contributed by atoms with Gasteiger partial charge in [-0.1, -0.05) is 6.37 Å². The predicted octanol–water partition coefficient (Wildman–Crippen LogP) is 0.590. The average Bonchev–Trinajstić information content (AvgIpc) is 1.78. The zero-order chi connectivity index (χ0) is 10.7. The molecule has 0 atom stereocenters. The van der Waals surface area contributed by atoms with E-state index in [1.165, 1.54) is 0 Å². The van der Waals surface area contributed by atoms with E-state index < -0.39 is 25.3 Å². The van der Waals surface area contributed by atoms with E-state index in [0.717, 1.165) is 0 Å². The van der Waals surface area contributed by atoms with Crippen LogP contribution in [0.2, 0.25) is 0 Å². The third-order valence-corrected chi connectivity index (χ3v) is 0.743. The van der Waals surface area contributed by atoms with E-state index in [2.05, 4.69) is 0 Å². The van der Waals surface area contributed by atoms with Crippen molar-refractivity contribution in [2.24, 2.45) is 5.73 Å². The monoisotopic (exact) mass is 135 g/mol. The summed E-state index contributed by atoms with van der Waals surface area (Å²) in [4.78, 5) is 10.1. The predicted molar refractivity (Wildman–Crippen MR) is 35.2 cm³/mol. The van der Waals surface area contributed by atoms with Crippen LogP contribution in [0, 0.1) is 0 Å². The highest BCUT2D eigenvalue weighted by molar-refractivity contribution is 5.66. The Morgan fingerprint density at radius 3 is 2.78 bits per heavy atom. The van der Waals surface area contributed by atoms with Crippen molar-refractivity contribution in [1.82, 2.24) is 0 Å². The topological polar surface area (TPSA) is 63.3 Å². The van der Waals surface area contributed by atoms with Gasteiger partial charge in [-0.05, 0) is 19.3 Å². The molecule has 0 saturated carbocycles. The maximum atomic E-state index is 10.1. The molecule has 0 rings (SSSR count). The Hall–Kier alpha value is -0.570. The van der Waals surface area contributed by atoms with Gasteiger partial charge >= 0.3 is 5.97 Å². The molecule has 0 aliphatic heterocycles. The third kappa shape index (κ3) is 7.43. The van der Waals surface area contributed by atoms with Crippen molar-refractivity contribution >= 4 is 5.97 Å². The first-order valence-electron chi connectivity index (χ1n) is 4.63. The molecule has 0 aromatic heterocycles. The van der Waals surface area contributed by atoms with Crippen molar-refractivity contribution in [3.05, 3.63) is 0 Å². The standard InChI is InChI=1S/C6H13NO2/c7-5-3-1-2-4-6(8)9/h1-5,7H2,(H,8,9)/i1D2,5D2. The second-order valence-electron chi connectivity index (χ2n) is 1.52. The SMILES string of the molecule is [2H]C([2H])(N)CC([2H])([2H])CCC(=O)O. The molecule has 9 heavy (non-hydrogen) atoms. The molecule has 3 nitrogen and oxygen atoms in total. The lowest BCUT2D eigenvalue weighted by molar-refractivity contribution is -0.137. The molecule has 0 aliphatic carbocycles. The van der Waals surface area contributed by atoms with Crippen LogP contribution < -0.4 is 5.73 Å². The van der Waals surface area contributed by atoms with Crippen LogP contribution in [0.15, 0.2) is 0 Å². The Bertz CT molecular complexity index is 190. The fourth-order valence-corrected chi connectivity index (χ4v) is 0.356. The summed E-state index contributed by atoms with van der Waals surface area (Å²) < 4.78 is 28.4. The van der Waals surface area contributed by atoms with Gasteiger partial charge in [-0.15, -0.1) is 0 Å². The number of carboxylic acids is 1. The van der Waals surface area contributed by atoms with Crippen molar-refractivity contribution in [1.29, 1.82) is 0 Å². The summed E-state index contributed by atoms with van der Waals surface area (Å²) in [7, 11) is 0. The first kappa shape index (κ1) is 3.56. The minimum Gasteiger partial charge on any atom is -0.481 e. The van der Waals surface area contributed by atoms with Gasteiger partial charge in [0.2, 0.25) is 0 Å². The lowest BCUT2D eigenvalue weighted by Crippen LogP contribution is -1.99. The summed E-state index contributed by atoms with van der Waals surface area (Å²) in [6, 6.07) is 0. The number of nitrogens with two attached hydrogens (primary N) is 1. The molecule has 0 aliphatic rings. The molecular formula is C6H13NO2. The van der Waals surface area contributed by atoms with Crippen LogP contribution >= 0.6 is 0 Å². The molecule has 0 aromatic carbocycles. The summed E-state index contributed by atoms with van der Waals surface area (Å²) in [6.07, 6.45) is -2.90. The number of carbonyl (C=O) groups is 1. The highest BCUT2D eigenvalue weighted by atomic mass is 16.4. The van der Waals surface area contributed by atoms with Crippen molar-refractivity contribution in [2.75, 3.05) is 6.50 Å². The maximum absolute atomic E-state index is 10.1. The van der Waals surface area contributed by atoms with Crippen LogP contribution in [0.5, 0.6) is 0 Å². The highest BCUT2D eigenvalue weighted by Gasteiger charge is 1.94. The Morgan fingerprint density at radius 2 is 2.33 bits per heavy atom. The lowest BCUT2D eigenvalue weighted by atomic mass is 10.2. The Balaban J connectivity index is 4.01. The summed E-state index contributed by atoms with van der Waals surface area (Å²) in [5.74, 6) is -1.10. The second kappa shape index (κ2) is 5.56. The number of hydrogen-bond donors (Lipinski definition) is 2. The zero-order valence-corrected chi connectivity index (χ0v) is 5.05. The number of carboxylic acid groups (broad SMARTS) is 1. The largest absolute Gasteiger partial charge is 0.481 e. The molecule has 0 aromatic rings. The van der Waals surface area contributed by atoms with E-state index >= 15 is 0 Å². The van der Waals surface area contributed by atoms with Crippen LogP contribution in [0.25, 0.3) is 0 Å². The van der Waals surface area contributed by atoms with Gasteiger partial charge in [0.25, 0.3) is 0 Å². The first-order valence-corrected chi connectivity index (χ1v) is 2.63. The molecule has 0 amide bonds. The van der Waals surface area contributed by atoms with Crippen LogP contribution in [-0.2, 0) is 4.79 Å². The molecular weight excluding hydrogens is 118 g/mol. The molecule has 3 N–H and O–H groups in total. The van der Waals surface area contributed by atoms with Gasteiger partial charge in [-0.25, -0.2) is 0 Å². The van der Waals surface area contributed by atoms with Crippen LogP contribution in [0.1, 0.15) is 31.1 Å². The highest BCUT2D eigenvalue weighted by Crippen LogP contribution is 1.97. The first-order chi connectivity index (χ1) is 5.62. The van der Waals surface area contributed by atoms with Gasteiger partial charge in [-0.2, -0.15) is 0 Å². The molecule has 0 heterocycles. The summed E-state index contributed by atoms with van der Waals surface area (Å²) >= 11 is 0. The Labute approximate surface area is 60.5 Å². The Morgan fingerprint density at radius 1 is 1.67 bits per heavy atom. The fourth-order valence-electron chi connectivity index (χ4n) is 0.356. The molecule has 54 valence electrons. The van der Waals surface area contributed by atoms with Gasteiger partial charge in [0.15, 0.2) is 0 Å². The van der Waals surface area contributed by atoms with Crippen molar-refractivity contribution < 1.29 is 15.4 Å². The average molecular weight is 135 g/mol. The van der Waals surface area contributed by atoms with Crippen molar-refractivity contribution in [2.45, 2.75) is 25.6 Å². The Kier molecular flexibility index (Phi) is 2.20. The lowest BCUT2D eigenvalue weighted by Gasteiger charge is -1.93. The van der Waals surface area contributed by atoms with Gasteiger partial charge in [0.05, 0.1) is 0 Å². The quantitative estimate of drug-likeness (QED) is 0.580. The second-order valence-corrected chi connectivity index (χ2v) is 1.52. The van der Waals surface area contributed by atoms with Crippen LogP contribution in [-0.4, -0.2) is 17.6 Å². The van der Waals surface area contributed by atoms with Gasteiger partial charge < -0.3 is 10.8 Å². The van der Waals surface area contributed by atoms with Gasteiger partial charge in [0.1, 0.15) is 0 Å². The van der Waals surface area contributed by atoms with Gasteiger partial charge in [0, 0.05) is 11.9 Å². The van der Waals surface area contributed by atoms with E-state index in [4.69, 9.17) is 16.3 Å². The molecule has 0 saturated heterocycles. The van der Waals surface area contributed by atoms with Crippen LogP contribution in [0.3, 0.4) is 0 Å². The third-order valence-electron chi connectivity index (χ3n) is 0.743. The molecule has 0 spiro atoms. The van der Waals surface area contributed by atoms with E-state index in [0.29, 0.717) is 0 Å². The van der Waals surface area contributed by atoms with E-state index in [1.807, 2.05) is 0 Å². The van der Waals surface area contributed by atoms with Crippen molar-refractivity contribution in [3.63, 3.8) is 0 Å². The molecule has 0 unspecified atom stereocenters. The normalized spacial score (nSPS) is 19.2. The molecule has 3 heteroatoms. The smallest absolute Gasteiger partial charge is 0.303 e. The summed E-state index contributed by atoms with van der Waals surface area (Å²) in [5.41, 5.74) is 4.97. The van der Waals surface area contributed by atoms with Crippen LogP contribution in [0.4, 0.5) is 0 Å². The van der Waals surface area contributed by atoms with E-state index in [-0.39, 0.29) is 12.8 Å². The molecule has 0 fully saturated rings. The minimum absolute atomic E-state index is 0.223. The van der Waals surface area contributed by atoms with E-state index in [9.17, 15) is 4.79 Å². The summed E-state index contributed by atoms with van der Waals surface area (Å²) in [5, 5.41) is 8.28. The number of aliphatic carboxylic acids is 1. The van der Waals surface area contributed by atoms with Gasteiger partial charge in [-0.3, -0.25) is 4.79 Å². The fraction of sp³-hybridized carbons (Fsp3) is 0.833.